The molecule has 0 radical (unpaired) electrons. The van der Waals surface area contributed by atoms with E-state index in [0.29, 0.717) is 13.2 Å². The Kier molecular flexibility index (Phi) is 5.15. The van der Waals surface area contributed by atoms with Crippen LogP contribution in [0, 0.1) is 0 Å². The van der Waals surface area contributed by atoms with Crippen LogP contribution in [0.3, 0.4) is 0 Å². The molecule has 1 atom stereocenters. The number of rotatable bonds is 6. The lowest BCUT2D eigenvalue weighted by Crippen LogP contribution is -2.50. The molecule has 1 amide bonds. The van der Waals surface area contributed by atoms with E-state index < -0.39 is 5.54 Å². The fourth-order valence-electron chi connectivity index (χ4n) is 2.68. The zero-order valence-electron chi connectivity index (χ0n) is 12.4. The van der Waals surface area contributed by atoms with Crippen molar-refractivity contribution in [2.24, 2.45) is 0 Å². The van der Waals surface area contributed by atoms with E-state index in [-0.39, 0.29) is 5.91 Å². The first-order valence-electron chi connectivity index (χ1n) is 7.44. The summed E-state index contributed by atoms with van der Waals surface area (Å²) in [7, 11) is 0. The Labute approximate surface area is 120 Å². The molecule has 0 aliphatic carbocycles. The molecular formula is C16H24N2O2. The van der Waals surface area contributed by atoms with Crippen molar-refractivity contribution in [2.75, 3.05) is 18.5 Å². The molecule has 1 aromatic rings. The number of benzene rings is 1. The predicted octanol–water partition coefficient (Wildman–Crippen LogP) is 2.69. The van der Waals surface area contributed by atoms with Gasteiger partial charge in [-0.3, -0.25) is 4.79 Å². The maximum atomic E-state index is 12.6. The number of hydrogen-bond acceptors (Lipinski definition) is 3. The summed E-state index contributed by atoms with van der Waals surface area (Å²) in [5.41, 5.74) is 1.47. The fourth-order valence-corrected chi connectivity index (χ4v) is 2.68. The maximum Gasteiger partial charge on any atom is 0.244 e. The number of carbonyl (C=O) groups excluding carboxylic acids is 1. The number of carbonyl (C=O) groups is 1. The fraction of sp³-hybridized carbons (Fsp3) is 0.562. The van der Waals surface area contributed by atoms with Gasteiger partial charge in [0, 0.05) is 17.9 Å². The molecule has 110 valence electrons. The van der Waals surface area contributed by atoms with Gasteiger partial charge in [-0.2, -0.15) is 0 Å². The van der Waals surface area contributed by atoms with Gasteiger partial charge in [-0.05, 0) is 38.8 Å². The van der Waals surface area contributed by atoms with Crippen molar-refractivity contribution in [3.63, 3.8) is 0 Å². The van der Waals surface area contributed by atoms with Gasteiger partial charge in [-0.1, -0.05) is 25.1 Å². The number of amides is 1. The maximum absolute atomic E-state index is 12.6. The van der Waals surface area contributed by atoms with Crippen molar-refractivity contribution >= 4 is 11.6 Å². The van der Waals surface area contributed by atoms with Gasteiger partial charge in [0.25, 0.3) is 0 Å². The molecule has 2 N–H and O–H groups in total. The summed E-state index contributed by atoms with van der Waals surface area (Å²) in [6.07, 6.45) is 2.78. The molecule has 4 nitrogen and oxygen atoms in total. The van der Waals surface area contributed by atoms with Crippen molar-refractivity contribution in [3.05, 3.63) is 29.8 Å². The molecule has 4 heteroatoms. The lowest BCUT2D eigenvalue weighted by atomic mass is 9.93. The molecule has 1 aliphatic rings. The first-order valence-corrected chi connectivity index (χ1v) is 7.44. The molecule has 1 aromatic carbocycles. The van der Waals surface area contributed by atoms with E-state index in [4.69, 9.17) is 4.74 Å². The van der Waals surface area contributed by atoms with Gasteiger partial charge in [0.2, 0.25) is 5.91 Å². The van der Waals surface area contributed by atoms with E-state index in [9.17, 15) is 4.79 Å². The molecule has 0 aromatic heterocycles. The molecule has 1 unspecified atom stereocenters. The van der Waals surface area contributed by atoms with E-state index in [0.717, 1.165) is 37.1 Å². The zero-order valence-corrected chi connectivity index (χ0v) is 12.4. The summed E-state index contributed by atoms with van der Waals surface area (Å²) in [6, 6.07) is 7.83. The molecule has 0 spiro atoms. The third-order valence-corrected chi connectivity index (χ3v) is 4.01. The Morgan fingerprint density at radius 1 is 1.40 bits per heavy atom. The SMILES string of the molecule is CCOCc1ccccc1NC(=O)C1(CC)CCCN1. The molecule has 1 heterocycles. The van der Waals surface area contributed by atoms with Crippen LogP contribution in [0.5, 0.6) is 0 Å². The third-order valence-electron chi connectivity index (χ3n) is 4.01. The van der Waals surface area contributed by atoms with Crippen LogP contribution in [-0.4, -0.2) is 24.6 Å². The van der Waals surface area contributed by atoms with Gasteiger partial charge in [0.15, 0.2) is 0 Å². The lowest BCUT2D eigenvalue weighted by molar-refractivity contribution is -0.122. The summed E-state index contributed by atoms with van der Waals surface area (Å²) in [5, 5.41) is 6.43. The van der Waals surface area contributed by atoms with Crippen LogP contribution in [0.15, 0.2) is 24.3 Å². The van der Waals surface area contributed by atoms with Gasteiger partial charge in [-0.15, -0.1) is 0 Å². The highest BCUT2D eigenvalue weighted by Gasteiger charge is 2.39. The highest BCUT2D eigenvalue weighted by molar-refractivity contribution is 5.98. The van der Waals surface area contributed by atoms with E-state index in [1.165, 1.54) is 0 Å². The number of ether oxygens (including phenoxy) is 1. The van der Waals surface area contributed by atoms with Gasteiger partial charge in [0.05, 0.1) is 12.1 Å². The van der Waals surface area contributed by atoms with E-state index >= 15 is 0 Å². The number of anilines is 1. The Morgan fingerprint density at radius 3 is 2.85 bits per heavy atom. The number of para-hydroxylation sites is 1. The standard InChI is InChI=1S/C16H24N2O2/c1-3-16(10-7-11-17-16)15(19)18-14-9-6-5-8-13(14)12-20-4-2/h5-6,8-9,17H,3-4,7,10-12H2,1-2H3,(H,18,19). The van der Waals surface area contributed by atoms with Crippen LogP contribution in [0.4, 0.5) is 5.69 Å². The molecule has 2 rings (SSSR count). The van der Waals surface area contributed by atoms with Gasteiger partial charge >= 0.3 is 0 Å². The van der Waals surface area contributed by atoms with Crippen LogP contribution in [0.1, 0.15) is 38.7 Å². The Morgan fingerprint density at radius 2 is 2.20 bits per heavy atom. The van der Waals surface area contributed by atoms with Crippen molar-refractivity contribution in [3.8, 4) is 0 Å². The number of nitrogens with one attached hydrogen (secondary N) is 2. The summed E-state index contributed by atoms with van der Waals surface area (Å²) in [4.78, 5) is 12.6. The zero-order chi connectivity index (χ0) is 14.4. The molecule has 1 aliphatic heterocycles. The summed E-state index contributed by atoms with van der Waals surface area (Å²) >= 11 is 0. The monoisotopic (exact) mass is 276 g/mol. The quantitative estimate of drug-likeness (QED) is 0.840. The van der Waals surface area contributed by atoms with Crippen molar-refractivity contribution in [1.29, 1.82) is 0 Å². The van der Waals surface area contributed by atoms with Crippen LogP contribution in [-0.2, 0) is 16.1 Å². The molecule has 20 heavy (non-hydrogen) atoms. The molecule has 1 saturated heterocycles. The average molecular weight is 276 g/mol. The largest absolute Gasteiger partial charge is 0.377 e. The van der Waals surface area contributed by atoms with Crippen molar-refractivity contribution in [1.82, 2.24) is 5.32 Å². The topological polar surface area (TPSA) is 50.4 Å². The Bertz CT molecular complexity index is 454. The van der Waals surface area contributed by atoms with Gasteiger partial charge < -0.3 is 15.4 Å². The lowest BCUT2D eigenvalue weighted by Gasteiger charge is -2.27. The van der Waals surface area contributed by atoms with Crippen molar-refractivity contribution in [2.45, 2.75) is 45.3 Å². The summed E-state index contributed by atoms with van der Waals surface area (Å²) < 4.78 is 5.45. The van der Waals surface area contributed by atoms with Crippen LogP contribution >= 0.6 is 0 Å². The minimum atomic E-state index is -0.404. The molecule has 0 saturated carbocycles. The van der Waals surface area contributed by atoms with Crippen molar-refractivity contribution < 1.29 is 9.53 Å². The smallest absolute Gasteiger partial charge is 0.244 e. The molecular weight excluding hydrogens is 252 g/mol. The van der Waals surface area contributed by atoms with E-state index in [2.05, 4.69) is 17.6 Å². The highest BCUT2D eigenvalue weighted by Crippen LogP contribution is 2.26. The van der Waals surface area contributed by atoms with E-state index in [1.54, 1.807) is 0 Å². The Hall–Kier alpha value is -1.39. The molecule has 1 fully saturated rings. The van der Waals surface area contributed by atoms with Gasteiger partial charge in [0.1, 0.15) is 0 Å². The second-order valence-electron chi connectivity index (χ2n) is 5.21. The normalized spacial score (nSPS) is 21.9. The minimum absolute atomic E-state index is 0.0708. The van der Waals surface area contributed by atoms with Crippen LogP contribution < -0.4 is 10.6 Å². The first kappa shape index (κ1) is 15.0. The highest BCUT2D eigenvalue weighted by atomic mass is 16.5. The number of hydrogen-bond donors (Lipinski definition) is 2. The Balaban J connectivity index is 2.11. The van der Waals surface area contributed by atoms with Gasteiger partial charge in [-0.25, -0.2) is 0 Å². The summed E-state index contributed by atoms with van der Waals surface area (Å²) in [6.45, 7) is 6.14. The van der Waals surface area contributed by atoms with E-state index in [1.807, 2.05) is 31.2 Å². The average Bonchev–Trinajstić information content (AvgIpc) is 2.96. The summed E-state index contributed by atoms with van der Waals surface area (Å²) in [5.74, 6) is 0.0708. The third kappa shape index (κ3) is 3.19. The minimum Gasteiger partial charge on any atom is -0.377 e. The van der Waals surface area contributed by atoms with Crippen LogP contribution in [0.25, 0.3) is 0 Å². The first-order chi connectivity index (χ1) is 9.72. The predicted molar refractivity (Wildman–Crippen MR) is 80.7 cm³/mol. The second-order valence-corrected chi connectivity index (χ2v) is 5.21. The molecule has 0 bridgehead atoms. The van der Waals surface area contributed by atoms with Crippen LogP contribution in [0.2, 0.25) is 0 Å². The second kappa shape index (κ2) is 6.86.